The summed E-state index contributed by atoms with van der Waals surface area (Å²) in [7, 11) is 0. The van der Waals surface area contributed by atoms with E-state index in [1.165, 1.54) is 0 Å². The molecular weight excluding hydrogens is 272 g/mol. The number of halogens is 6. The first-order valence-corrected chi connectivity index (χ1v) is 5.66. The highest BCUT2D eigenvalue weighted by atomic mass is 19.4. The minimum Gasteiger partial charge on any atom is -0.302 e. The number of alkyl halides is 5. The molecule has 1 nitrogen and oxygen atoms in total. The number of nitrogens with one attached hydrogen (secondary N) is 1. The summed E-state index contributed by atoms with van der Waals surface area (Å²) in [5.74, 6) is -5.61. The molecule has 1 fully saturated rings. The van der Waals surface area contributed by atoms with Gasteiger partial charge >= 0.3 is 12.1 Å². The van der Waals surface area contributed by atoms with Gasteiger partial charge in [0.2, 0.25) is 0 Å². The maximum absolute atomic E-state index is 13.8. The van der Waals surface area contributed by atoms with Crippen LogP contribution in [0.25, 0.3) is 0 Å². The van der Waals surface area contributed by atoms with E-state index in [2.05, 4.69) is 5.32 Å². The second-order valence-corrected chi connectivity index (χ2v) is 4.51. The normalized spacial score (nSPS) is 24.7. The average Bonchev–Trinajstić information content (AvgIpc) is 2.79. The van der Waals surface area contributed by atoms with Crippen LogP contribution in [0.4, 0.5) is 26.3 Å². The Kier molecular flexibility index (Phi) is 3.28. The fourth-order valence-electron chi connectivity index (χ4n) is 2.42. The molecule has 19 heavy (non-hydrogen) atoms. The summed E-state index contributed by atoms with van der Waals surface area (Å²) < 4.78 is 78.3. The second kappa shape index (κ2) is 4.40. The fraction of sp³-hybridized carbons (Fsp3) is 0.500. The lowest BCUT2D eigenvalue weighted by atomic mass is 9.81. The third-order valence-corrected chi connectivity index (χ3v) is 3.38. The zero-order valence-electron chi connectivity index (χ0n) is 9.70. The van der Waals surface area contributed by atoms with Crippen molar-refractivity contribution in [3.63, 3.8) is 0 Å². The summed E-state index contributed by atoms with van der Waals surface area (Å²) in [4.78, 5) is 0. The van der Waals surface area contributed by atoms with Crippen LogP contribution in [0.2, 0.25) is 0 Å². The lowest BCUT2D eigenvalue weighted by Gasteiger charge is -2.38. The predicted molar refractivity (Wildman–Crippen MR) is 56.3 cm³/mol. The van der Waals surface area contributed by atoms with Crippen molar-refractivity contribution in [1.29, 1.82) is 0 Å². The van der Waals surface area contributed by atoms with E-state index in [4.69, 9.17) is 0 Å². The maximum Gasteiger partial charge on any atom is 0.455 e. The molecule has 106 valence electrons. The Morgan fingerprint density at radius 2 is 1.58 bits per heavy atom. The van der Waals surface area contributed by atoms with Crippen LogP contribution in [0.5, 0.6) is 0 Å². The van der Waals surface area contributed by atoms with E-state index in [0.717, 1.165) is 24.3 Å². The van der Waals surface area contributed by atoms with E-state index in [1.54, 1.807) is 0 Å². The topological polar surface area (TPSA) is 12.0 Å². The summed E-state index contributed by atoms with van der Waals surface area (Å²) in [5, 5.41) is 2.26. The van der Waals surface area contributed by atoms with Crippen molar-refractivity contribution in [2.75, 3.05) is 6.54 Å². The Hall–Kier alpha value is -1.24. The van der Waals surface area contributed by atoms with Crippen LogP contribution in [0, 0.1) is 5.82 Å². The molecule has 0 aromatic heterocycles. The third kappa shape index (κ3) is 2.09. The van der Waals surface area contributed by atoms with E-state index in [-0.39, 0.29) is 24.9 Å². The van der Waals surface area contributed by atoms with Gasteiger partial charge < -0.3 is 5.32 Å². The van der Waals surface area contributed by atoms with Gasteiger partial charge in [0.25, 0.3) is 0 Å². The van der Waals surface area contributed by atoms with Crippen LogP contribution in [0.1, 0.15) is 18.4 Å². The third-order valence-electron chi connectivity index (χ3n) is 3.38. The van der Waals surface area contributed by atoms with Crippen LogP contribution < -0.4 is 5.32 Å². The van der Waals surface area contributed by atoms with Crippen molar-refractivity contribution in [3.8, 4) is 0 Å². The van der Waals surface area contributed by atoms with Crippen molar-refractivity contribution in [1.82, 2.24) is 5.32 Å². The van der Waals surface area contributed by atoms with Gasteiger partial charge in [0.1, 0.15) is 11.4 Å². The van der Waals surface area contributed by atoms with Gasteiger partial charge in [0, 0.05) is 0 Å². The maximum atomic E-state index is 13.8. The molecular formula is C12H11F6N. The standard InChI is InChI=1S/C12H11F6N/c13-9-4-2-8(3-5-9)10(6-1-7-19-10)11(14,15)12(16,17)18/h2-5,19H,1,6-7H2/t10-/m1/s1. The van der Waals surface area contributed by atoms with E-state index < -0.39 is 23.5 Å². The van der Waals surface area contributed by atoms with Crippen molar-refractivity contribution in [2.24, 2.45) is 0 Å². The predicted octanol–water partition coefficient (Wildman–Crippen LogP) is 3.60. The van der Waals surface area contributed by atoms with Crippen LogP contribution in [-0.4, -0.2) is 18.6 Å². The molecule has 1 saturated heterocycles. The first-order valence-electron chi connectivity index (χ1n) is 5.66. The smallest absolute Gasteiger partial charge is 0.302 e. The monoisotopic (exact) mass is 283 g/mol. The van der Waals surface area contributed by atoms with Crippen LogP contribution in [0.15, 0.2) is 24.3 Å². The van der Waals surface area contributed by atoms with Gasteiger partial charge in [-0.2, -0.15) is 22.0 Å². The molecule has 7 heteroatoms. The zero-order chi connectivity index (χ0) is 14.3. The number of rotatable bonds is 2. The summed E-state index contributed by atoms with van der Waals surface area (Å²) in [6, 6.07) is 3.69. The zero-order valence-corrected chi connectivity index (χ0v) is 9.70. The Labute approximate surface area is 105 Å². The molecule has 0 amide bonds. The van der Waals surface area contributed by atoms with Crippen molar-refractivity contribution < 1.29 is 26.3 Å². The van der Waals surface area contributed by atoms with Gasteiger partial charge in [-0.05, 0) is 37.1 Å². The molecule has 0 spiro atoms. The molecule has 1 heterocycles. The highest BCUT2D eigenvalue weighted by Gasteiger charge is 2.71. The molecule has 1 aromatic rings. The molecule has 1 aliphatic rings. The van der Waals surface area contributed by atoms with E-state index in [9.17, 15) is 26.3 Å². The Balaban J connectivity index is 2.53. The molecule has 2 rings (SSSR count). The Bertz CT molecular complexity index is 444. The molecule has 1 atom stereocenters. The highest BCUT2D eigenvalue weighted by Crippen LogP contribution is 2.52. The van der Waals surface area contributed by atoms with Gasteiger partial charge in [-0.1, -0.05) is 12.1 Å². The summed E-state index contributed by atoms with van der Waals surface area (Å²) >= 11 is 0. The van der Waals surface area contributed by atoms with Crippen molar-refractivity contribution >= 4 is 0 Å². The molecule has 0 radical (unpaired) electrons. The largest absolute Gasteiger partial charge is 0.455 e. The lowest BCUT2D eigenvalue weighted by Crippen LogP contribution is -2.59. The van der Waals surface area contributed by atoms with Gasteiger partial charge in [0.05, 0.1) is 0 Å². The quantitative estimate of drug-likeness (QED) is 0.818. The van der Waals surface area contributed by atoms with Gasteiger partial charge in [-0.15, -0.1) is 0 Å². The summed E-state index contributed by atoms with van der Waals surface area (Å²) in [5.41, 5.74) is -2.77. The highest BCUT2D eigenvalue weighted by molar-refractivity contribution is 5.30. The van der Waals surface area contributed by atoms with Crippen LogP contribution >= 0.6 is 0 Å². The minimum absolute atomic E-state index is 0.0586. The van der Waals surface area contributed by atoms with Gasteiger partial charge in [0.15, 0.2) is 0 Å². The molecule has 0 saturated carbocycles. The van der Waals surface area contributed by atoms with Gasteiger partial charge in [-0.25, -0.2) is 4.39 Å². The average molecular weight is 283 g/mol. The molecule has 1 N–H and O–H groups in total. The first kappa shape index (κ1) is 14.2. The summed E-state index contributed by atoms with van der Waals surface area (Å²) in [6.07, 6.45) is -5.83. The number of benzene rings is 1. The Morgan fingerprint density at radius 3 is 2.00 bits per heavy atom. The minimum atomic E-state index is -5.67. The van der Waals surface area contributed by atoms with Crippen LogP contribution in [-0.2, 0) is 5.54 Å². The summed E-state index contributed by atoms with van der Waals surface area (Å²) in [6.45, 7) is 0.0586. The van der Waals surface area contributed by atoms with Crippen molar-refractivity contribution in [3.05, 3.63) is 35.6 Å². The fourth-order valence-corrected chi connectivity index (χ4v) is 2.42. The van der Waals surface area contributed by atoms with E-state index >= 15 is 0 Å². The number of hydrogen-bond donors (Lipinski definition) is 1. The van der Waals surface area contributed by atoms with E-state index in [0.29, 0.717) is 0 Å². The molecule has 0 unspecified atom stereocenters. The molecule has 1 aromatic carbocycles. The molecule has 0 bridgehead atoms. The number of hydrogen-bond acceptors (Lipinski definition) is 1. The SMILES string of the molecule is Fc1ccc([C@@]2(C(F)(F)C(F)(F)F)CCCN2)cc1. The van der Waals surface area contributed by atoms with E-state index in [1.807, 2.05) is 0 Å². The Morgan fingerprint density at radius 1 is 1.00 bits per heavy atom. The van der Waals surface area contributed by atoms with Crippen molar-refractivity contribution in [2.45, 2.75) is 30.5 Å². The lowest BCUT2D eigenvalue weighted by molar-refractivity contribution is -0.312. The molecule has 1 aliphatic heterocycles. The van der Waals surface area contributed by atoms with Crippen LogP contribution in [0.3, 0.4) is 0 Å². The first-order chi connectivity index (χ1) is 8.71. The van der Waals surface area contributed by atoms with Gasteiger partial charge in [-0.3, -0.25) is 0 Å². The second-order valence-electron chi connectivity index (χ2n) is 4.51. The molecule has 0 aliphatic carbocycles.